The van der Waals surface area contributed by atoms with E-state index in [1.807, 2.05) is 48.5 Å². The van der Waals surface area contributed by atoms with Gasteiger partial charge in [0.25, 0.3) is 0 Å². The Morgan fingerprint density at radius 2 is 1.96 bits per heavy atom. The second kappa shape index (κ2) is 7.84. The maximum atomic E-state index is 11.6. The molecule has 5 heteroatoms. The first-order chi connectivity index (χ1) is 11.8. The van der Waals surface area contributed by atoms with Crippen molar-refractivity contribution in [2.75, 3.05) is 13.7 Å². The van der Waals surface area contributed by atoms with Gasteiger partial charge < -0.3 is 20.1 Å². The molecule has 0 bridgehead atoms. The molecule has 2 N–H and O–H groups in total. The molecule has 2 aromatic carbocycles. The van der Waals surface area contributed by atoms with Crippen molar-refractivity contribution in [3.8, 4) is 11.5 Å². The van der Waals surface area contributed by atoms with Gasteiger partial charge in [-0.3, -0.25) is 4.79 Å². The van der Waals surface area contributed by atoms with E-state index in [1.165, 1.54) is 0 Å². The fourth-order valence-corrected chi connectivity index (χ4v) is 2.71. The quantitative estimate of drug-likeness (QED) is 0.819. The van der Waals surface area contributed by atoms with Crippen LogP contribution in [0.25, 0.3) is 0 Å². The zero-order valence-corrected chi connectivity index (χ0v) is 13.7. The molecule has 3 rings (SSSR count). The van der Waals surface area contributed by atoms with Crippen LogP contribution in [0.4, 0.5) is 0 Å². The molecule has 2 aromatic rings. The Balaban J connectivity index is 1.61. The van der Waals surface area contributed by atoms with E-state index in [0.29, 0.717) is 24.7 Å². The Morgan fingerprint density at radius 1 is 1.12 bits per heavy atom. The normalized spacial score (nSPS) is 16.7. The number of rotatable bonds is 7. The molecule has 1 fully saturated rings. The van der Waals surface area contributed by atoms with Crippen molar-refractivity contribution in [3.05, 3.63) is 59.7 Å². The van der Waals surface area contributed by atoms with Crippen LogP contribution in [0.3, 0.4) is 0 Å². The molecule has 1 amide bonds. The van der Waals surface area contributed by atoms with Crippen LogP contribution in [0, 0.1) is 0 Å². The molecule has 126 valence electrons. The SMILES string of the molecule is COc1cc(CNC2CCNC2=O)ccc1OCc1ccccc1. The van der Waals surface area contributed by atoms with Crippen LogP contribution < -0.4 is 20.1 Å². The highest BCUT2D eigenvalue weighted by molar-refractivity contribution is 5.83. The highest BCUT2D eigenvalue weighted by Crippen LogP contribution is 2.29. The summed E-state index contributed by atoms with van der Waals surface area (Å²) >= 11 is 0. The fraction of sp³-hybridized carbons (Fsp3) is 0.316. The van der Waals surface area contributed by atoms with Gasteiger partial charge in [0, 0.05) is 13.1 Å². The Morgan fingerprint density at radius 3 is 2.67 bits per heavy atom. The van der Waals surface area contributed by atoms with Crippen molar-refractivity contribution in [3.63, 3.8) is 0 Å². The molecule has 0 aliphatic carbocycles. The minimum Gasteiger partial charge on any atom is -0.493 e. The van der Waals surface area contributed by atoms with Gasteiger partial charge in [-0.2, -0.15) is 0 Å². The maximum absolute atomic E-state index is 11.6. The Kier molecular flexibility index (Phi) is 5.33. The third-order valence-corrected chi connectivity index (χ3v) is 4.07. The van der Waals surface area contributed by atoms with Crippen LogP contribution in [-0.2, 0) is 17.9 Å². The number of carbonyl (C=O) groups is 1. The number of benzene rings is 2. The first-order valence-corrected chi connectivity index (χ1v) is 8.11. The minimum absolute atomic E-state index is 0.0739. The molecular weight excluding hydrogens is 304 g/mol. The van der Waals surface area contributed by atoms with Crippen LogP contribution in [0.2, 0.25) is 0 Å². The minimum atomic E-state index is -0.106. The molecule has 1 atom stereocenters. The van der Waals surface area contributed by atoms with Crippen LogP contribution in [0.5, 0.6) is 11.5 Å². The van der Waals surface area contributed by atoms with Gasteiger partial charge in [-0.25, -0.2) is 0 Å². The van der Waals surface area contributed by atoms with Crippen LogP contribution in [-0.4, -0.2) is 25.6 Å². The number of amides is 1. The summed E-state index contributed by atoms with van der Waals surface area (Å²) in [7, 11) is 1.63. The number of nitrogens with one attached hydrogen (secondary N) is 2. The van der Waals surface area contributed by atoms with E-state index >= 15 is 0 Å². The first-order valence-electron chi connectivity index (χ1n) is 8.11. The maximum Gasteiger partial charge on any atom is 0.237 e. The summed E-state index contributed by atoms with van der Waals surface area (Å²) in [6.07, 6.45) is 0.828. The predicted molar refractivity (Wildman–Crippen MR) is 92.0 cm³/mol. The lowest BCUT2D eigenvalue weighted by Gasteiger charge is -2.14. The Hall–Kier alpha value is -2.53. The lowest BCUT2D eigenvalue weighted by atomic mass is 10.1. The summed E-state index contributed by atoms with van der Waals surface area (Å²) in [5, 5.41) is 6.09. The number of hydrogen-bond donors (Lipinski definition) is 2. The number of ether oxygens (including phenoxy) is 2. The van der Waals surface area contributed by atoms with Crippen molar-refractivity contribution in [1.82, 2.24) is 10.6 Å². The molecule has 1 aliphatic heterocycles. The highest BCUT2D eigenvalue weighted by atomic mass is 16.5. The van der Waals surface area contributed by atoms with E-state index in [2.05, 4.69) is 10.6 Å². The van der Waals surface area contributed by atoms with Crippen LogP contribution >= 0.6 is 0 Å². The molecule has 1 saturated heterocycles. The van der Waals surface area contributed by atoms with Gasteiger partial charge in [0.05, 0.1) is 13.2 Å². The van der Waals surface area contributed by atoms with Crippen LogP contribution in [0.15, 0.2) is 48.5 Å². The smallest absolute Gasteiger partial charge is 0.237 e. The zero-order valence-electron chi connectivity index (χ0n) is 13.7. The molecule has 0 spiro atoms. The number of methoxy groups -OCH3 is 1. The zero-order chi connectivity index (χ0) is 16.8. The standard InChI is InChI=1S/C19H22N2O3/c1-23-18-11-15(12-21-16-9-10-20-19(16)22)7-8-17(18)24-13-14-5-3-2-4-6-14/h2-8,11,16,21H,9-10,12-13H2,1H3,(H,20,22). The average Bonchev–Trinajstić information content (AvgIpc) is 3.04. The van der Waals surface area contributed by atoms with E-state index in [-0.39, 0.29) is 11.9 Å². The van der Waals surface area contributed by atoms with E-state index in [1.54, 1.807) is 7.11 Å². The number of hydrogen-bond acceptors (Lipinski definition) is 4. The van der Waals surface area contributed by atoms with E-state index < -0.39 is 0 Å². The summed E-state index contributed by atoms with van der Waals surface area (Å²) in [5.41, 5.74) is 2.16. The summed E-state index contributed by atoms with van der Waals surface area (Å²) in [6.45, 7) is 1.86. The monoisotopic (exact) mass is 326 g/mol. The highest BCUT2D eigenvalue weighted by Gasteiger charge is 2.23. The molecule has 1 aliphatic rings. The predicted octanol–water partition coefficient (Wildman–Crippen LogP) is 2.25. The molecule has 1 heterocycles. The fourth-order valence-electron chi connectivity index (χ4n) is 2.71. The van der Waals surface area contributed by atoms with E-state index in [9.17, 15) is 4.79 Å². The largest absolute Gasteiger partial charge is 0.493 e. The van der Waals surface area contributed by atoms with E-state index in [4.69, 9.17) is 9.47 Å². The van der Waals surface area contributed by atoms with Gasteiger partial charge in [0.2, 0.25) is 5.91 Å². The summed E-state index contributed by atoms with van der Waals surface area (Å²) in [6, 6.07) is 15.8. The summed E-state index contributed by atoms with van der Waals surface area (Å²) < 4.78 is 11.3. The van der Waals surface area contributed by atoms with Gasteiger partial charge in [-0.1, -0.05) is 36.4 Å². The van der Waals surface area contributed by atoms with Crippen molar-refractivity contribution in [1.29, 1.82) is 0 Å². The van der Waals surface area contributed by atoms with Crippen LogP contribution in [0.1, 0.15) is 17.5 Å². The second-order valence-corrected chi connectivity index (χ2v) is 5.77. The topological polar surface area (TPSA) is 59.6 Å². The van der Waals surface area contributed by atoms with Gasteiger partial charge >= 0.3 is 0 Å². The molecule has 0 radical (unpaired) electrons. The summed E-state index contributed by atoms with van der Waals surface area (Å²) in [4.78, 5) is 11.6. The van der Waals surface area contributed by atoms with Crippen molar-refractivity contribution < 1.29 is 14.3 Å². The third kappa shape index (κ3) is 4.06. The second-order valence-electron chi connectivity index (χ2n) is 5.77. The third-order valence-electron chi connectivity index (χ3n) is 4.07. The first kappa shape index (κ1) is 16.3. The molecular formula is C19H22N2O3. The van der Waals surface area contributed by atoms with Gasteiger partial charge in [-0.05, 0) is 29.7 Å². The summed E-state index contributed by atoms with van der Waals surface area (Å²) in [5.74, 6) is 1.48. The molecule has 24 heavy (non-hydrogen) atoms. The lowest BCUT2D eigenvalue weighted by molar-refractivity contribution is -0.120. The van der Waals surface area contributed by atoms with Gasteiger partial charge in [0.15, 0.2) is 11.5 Å². The molecule has 0 aromatic heterocycles. The average molecular weight is 326 g/mol. The van der Waals surface area contributed by atoms with Gasteiger partial charge in [0.1, 0.15) is 6.61 Å². The lowest BCUT2D eigenvalue weighted by Crippen LogP contribution is -2.35. The Labute approximate surface area is 142 Å². The van der Waals surface area contributed by atoms with Crippen molar-refractivity contribution in [2.24, 2.45) is 0 Å². The van der Waals surface area contributed by atoms with E-state index in [0.717, 1.165) is 24.1 Å². The van der Waals surface area contributed by atoms with Crippen molar-refractivity contribution >= 4 is 5.91 Å². The van der Waals surface area contributed by atoms with Gasteiger partial charge in [-0.15, -0.1) is 0 Å². The Bertz CT molecular complexity index is 688. The van der Waals surface area contributed by atoms with Crippen molar-refractivity contribution in [2.45, 2.75) is 25.6 Å². The number of carbonyl (C=O) groups excluding carboxylic acids is 1. The molecule has 1 unspecified atom stereocenters. The molecule has 0 saturated carbocycles. The molecule has 5 nitrogen and oxygen atoms in total.